The van der Waals surface area contributed by atoms with E-state index in [-0.39, 0.29) is 0 Å². The number of hydrogen-bond acceptors (Lipinski definition) is 6. The second-order valence-corrected chi connectivity index (χ2v) is 6.77. The number of nitrogens with one attached hydrogen (secondary N) is 1. The number of pyridine rings is 2. The molecule has 0 saturated carbocycles. The zero-order chi connectivity index (χ0) is 17.4. The van der Waals surface area contributed by atoms with Gasteiger partial charge in [-0.2, -0.15) is 5.10 Å². The topological polar surface area (TPSA) is 81.7 Å². The van der Waals surface area contributed by atoms with E-state index in [2.05, 4.69) is 20.8 Å². The Labute approximate surface area is 149 Å². The van der Waals surface area contributed by atoms with Crippen LogP contribution in [0.4, 0.5) is 11.6 Å². The summed E-state index contributed by atoms with van der Waals surface area (Å²) in [5.41, 5.74) is 11.3. The molecule has 0 bridgehead atoms. The fourth-order valence-corrected chi connectivity index (χ4v) is 3.92. The van der Waals surface area contributed by atoms with E-state index in [1.165, 1.54) is 0 Å². The number of hydrogen-bond donors (Lipinski definition) is 2. The molecule has 4 heterocycles. The maximum absolute atomic E-state index is 5.98. The third kappa shape index (κ3) is 2.88. The van der Waals surface area contributed by atoms with E-state index >= 15 is 0 Å². The van der Waals surface area contributed by atoms with Crippen molar-refractivity contribution in [3.05, 3.63) is 53.3 Å². The van der Waals surface area contributed by atoms with Gasteiger partial charge in [-0.05, 0) is 36.2 Å². The first-order valence-electron chi connectivity index (χ1n) is 7.94. The van der Waals surface area contributed by atoms with E-state index in [0.717, 1.165) is 44.1 Å². The summed E-state index contributed by atoms with van der Waals surface area (Å²) in [5.74, 6) is 1.56. The predicted octanol–water partition coefficient (Wildman–Crippen LogP) is 3.60. The van der Waals surface area contributed by atoms with Crippen molar-refractivity contribution in [1.82, 2.24) is 19.7 Å². The summed E-state index contributed by atoms with van der Waals surface area (Å²) in [7, 11) is 1.90. The highest BCUT2D eigenvalue weighted by atomic mass is 32.1. The SMILES string of the molecule is Cc1cn(C)nc1Nc1cc(CN)c2scc(-c3ccncc3)c2n1. The summed E-state index contributed by atoms with van der Waals surface area (Å²) in [6.45, 7) is 2.48. The molecule has 7 heteroatoms. The highest BCUT2D eigenvalue weighted by Gasteiger charge is 2.14. The van der Waals surface area contributed by atoms with Gasteiger partial charge in [-0.3, -0.25) is 9.67 Å². The molecule has 0 aliphatic heterocycles. The van der Waals surface area contributed by atoms with Gasteiger partial charge in [0.25, 0.3) is 0 Å². The van der Waals surface area contributed by atoms with Gasteiger partial charge in [-0.25, -0.2) is 4.98 Å². The van der Waals surface area contributed by atoms with Gasteiger partial charge < -0.3 is 11.1 Å². The quantitative estimate of drug-likeness (QED) is 0.588. The molecule has 0 aromatic carbocycles. The van der Waals surface area contributed by atoms with Gasteiger partial charge in [0.15, 0.2) is 5.82 Å². The highest BCUT2D eigenvalue weighted by Crippen LogP contribution is 2.36. The van der Waals surface area contributed by atoms with Gasteiger partial charge in [-0.15, -0.1) is 11.3 Å². The molecule has 6 nitrogen and oxygen atoms in total. The van der Waals surface area contributed by atoms with Crippen LogP contribution in [0, 0.1) is 6.92 Å². The average molecular weight is 350 g/mol. The summed E-state index contributed by atoms with van der Waals surface area (Å²) in [6.07, 6.45) is 5.56. The van der Waals surface area contributed by atoms with Crippen molar-refractivity contribution >= 4 is 33.2 Å². The zero-order valence-electron chi connectivity index (χ0n) is 14.0. The molecule has 25 heavy (non-hydrogen) atoms. The van der Waals surface area contributed by atoms with Gasteiger partial charge in [0.05, 0.1) is 10.2 Å². The van der Waals surface area contributed by atoms with Crippen molar-refractivity contribution in [3.8, 4) is 11.1 Å². The van der Waals surface area contributed by atoms with Gasteiger partial charge in [-0.1, -0.05) is 0 Å². The normalized spacial score (nSPS) is 11.2. The van der Waals surface area contributed by atoms with Crippen LogP contribution >= 0.6 is 11.3 Å². The Hall–Kier alpha value is -2.77. The molecule has 0 radical (unpaired) electrons. The standard InChI is InChI=1S/C18H18N6S/c1-11-9-24(2)23-18(11)22-15-7-13(8-19)17-16(21-15)14(10-25-17)12-3-5-20-6-4-12/h3-7,9-10H,8,19H2,1-2H3,(H,21,22,23). The molecule has 4 aromatic heterocycles. The maximum atomic E-state index is 5.98. The van der Waals surface area contributed by atoms with Crippen LogP contribution in [-0.4, -0.2) is 19.7 Å². The lowest BCUT2D eigenvalue weighted by Crippen LogP contribution is -2.02. The Morgan fingerprint density at radius 2 is 2.08 bits per heavy atom. The van der Waals surface area contributed by atoms with Crippen molar-refractivity contribution in [2.45, 2.75) is 13.5 Å². The van der Waals surface area contributed by atoms with E-state index < -0.39 is 0 Å². The number of nitrogens with zero attached hydrogens (tertiary/aromatic N) is 4. The van der Waals surface area contributed by atoms with Crippen molar-refractivity contribution in [2.24, 2.45) is 12.8 Å². The third-order valence-electron chi connectivity index (χ3n) is 4.07. The second-order valence-electron chi connectivity index (χ2n) is 5.89. The number of rotatable bonds is 4. The number of anilines is 2. The Kier molecular flexibility index (Phi) is 3.95. The number of aryl methyl sites for hydroxylation is 2. The van der Waals surface area contributed by atoms with Crippen LogP contribution in [0.3, 0.4) is 0 Å². The van der Waals surface area contributed by atoms with Gasteiger partial charge in [0, 0.05) is 48.7 Å². The summed E-state index contributed by atoms with van der Waals surface area (Å²) < 4.78 is 2.91. The third-order valence-corrected chi connectivity index (χ3v) is 5.11. The van der Waals surface area contributed by atoms with E-state index in [9.17, 15) is 0 Å². The van der Waals surface area contributed by atoms with Crippen LogP contribution in [-0.2, 0) is 13.6 Å². The smallest absolute Gasteiger partial charge is 0.156 e. The maximum Gasteiger partial charge on any atom is 0.156 e. The van der Waals surface area contributed by atoms with Crippen LogP contribution in [0.15, 0.2) is 42.2 Å². The fourth-order valence-electron chi connectivity index (χ4n) is 2.88. The van der Waals surface area contributed by atoms with E-state index in [1.807, 2.05) is 38.4 Å². The molecule has 0 aliphatic carbocycles. The minimum absolute atomic E-state index is 0.463. The molecule has 126 valence electrons. The zero-order valence-corrected chi connectivity index (χ0v) is 14.8. The van der Waals surface area contributed by atoms with E-state index in [0.29, 0.717) is 6.54 Å². The molecule has 0 saturated heterocycles. The second kappa shape index (κ2) is 6.27. The average Bonchev–Trinajstić information content (AvgIpc) is 3.18. The first-order chi connectivity index (χ1) is 12.2. The van der Waals surface area contributed by atoms with Crippen molar-refractivity contribution in [1.29, 1.82) is 0 Å². The Bertz CT molecular complexity index is 1030. The number of nitrogens with two attached hydrogens (primary N) is 1. The minimum Gasteiger partial charge on any atom is -0.326 e. The molecule has 0 amide bonds. The van der Waals surface area contributed by atoms with Crippen LogP contribution in [0.1, 0.15) is 11.1 Å². The van der Waals surface area contributed by atoms with Gasteiger partial charge in [0.1, 0.15) is 5.82 Å². The highest BCUT2D eigenvalue weighted by molar-refractivity contribution is 7.17. The summed E-state index contributed by atoms with van der Waals surface area (Å²) in [5, 5.41) is 9.89. The molecule has 0 aliphatic rings. The minimum atomic E-state index is 0.463. The van der Waals surface area contributed by atoms with E-state index in [1.54, 1.807) is 28.4 Å². The summed E-state index contributed by atoms with van der Waals surface area (Å²) >= 11 is 1.67. The summed E-state index contributed by atoms with van der Waals surface area (Å²) in [6, 6.07) is 5.99. The van der Waals surface area contributed by atoms with Crippen molar-refractivity contribution < 1.29 is 0 Å². The fraction of sp³-hybridized carbons (Fsp3) is 0.167. The van der Waals surface area contributed by atoms with Crippen molar-refractivity contribution in [3.63, 3.8) is 0 Å². The first-order valence-corrected chi connectivity index (χ1v) is 8.82. The molecule has 0 unspecified atom stereocenters. The first kappa shape index (κ1) is 15.7. The lowest BCUT2D eigenvalue weighted by molar-refractivity contribution is 0.770. The van der Waals surface area contributed by atoms with Gasteiger partial charge in [0.2, 0.25) is 0 Å². The Morgan fingerprint density at radius 1 is 1.28 bits per heavy atom. The molecular formula is C18H18N6S. The van der Waals surface area contributed by atoms with Crippen LogP contribution in [0.25, 0.3) is 21.3 Å². The number of aromatic nitrogens is 4. The Morgan fingerprint density at radius 3 is 2.76 bits per heavy atom. The molecular weight excluding hydrogens is 332 g/mol. The predicted molar refractivity (Wildman–Crippen MR) is 102 cm³/mol. The van der Waals surface area contributed by atoms with E-state index in [4.69, 9.17) is 10.7 Å². The molecule has 4 rings (SSSR count). The lowest BCUT2D eigenvalue weighted by atomic mass is 10.1. The Balaban J connectivity index is 1.84. The molecule has 3 N–H and O–H groups in total. The number of fused-ring (bicyclic) bond motifs is 1. The lowest BCUT2D eigenvalue weighted by Gasteiger charge is -2.08. The largest absolute Gasteiger partial charge is 0.326 e. The monoisotopic (exact) mass is 350 g/mol. The van der Waals surface area contributed by atoms with Crippen LogP contribution in [0.2, 0.25) is 0 Å². The van der Waals surface area contributed by atoms with Crippen molar-refractivity contribution in [2.75, 3.05) is 5.32 Å². The molecule has 0 fully saturated rings. The molecule has 0 spiro atoms. The number of thiophene rings is 1. The van der Waals surface area contributed by atoms with Crippen LogP contribution in [0.5, 0.6) is 0 Å². The molecule has 4 aromatic rings. The summed E-state index contributed by atoms with van der Waals surface area (Å²) in [4.78, 5) is 8.93. The van der Waals surface area contributed by atoms with Gasteiger partial charge >= 0.3 is 0 Å². The molecule has 0 atom stereocenters. The van der Waals surface area contributed by atoms with Crippen LogP contribution < -0.4 is 11.1 Å².